The molecule has 3 heterocycles. The fourth-order valence-electron chi connectivity index (χ4n) is 2.29. The first-order valence-electron chi connectivity index (χ1n) is 6.93. The Labute approximate surface area is 128 Å². The highest BCUT2D eigenvalue weighted by Gasteiger charge is 2.12. The second-order valence-corrected chi connectivity index (χ2v) is 6.35. The maximum atomic E-state index is 4.50. The van der Waals surface area contributed by atoms with E-state index in [0.29, 0.717) is 0 Å². The van der Waals surface area contributed by atoms with Gasteiger partial charge in [-0.15, -0.1) is 11.3 Å². The van der Waals surface area contributed by atoms with Crippen molar-refractivity contribution >= 4 is 17.0 Å². The molecule has 3 aromatic rings. The Balaban J connectivity index is 1.91. The minimum atomic E-state index is 0.246. The molecule has 4 nitrogen and oxygen atoms in total. The molecule has 3 rings (SSSR count). The average Bonchev–Trinajstić information content (AvgIpc) is 3.08. The first kappa shape index (κ1) is 13.8. The van der Waals surface area contributed by atoms with E-state index in [-0.39, 0.29) is 6.04 Å². The Kier molecular flexibility index (Phi) is 3.75. The van der Waals surface area contributed by atoms with E-state index in [1.807, 2.05) is 35.1 Å². The highest BCUT2D eigenvalue weighted by molar-refractivity contribution is 7.12. The van der Waals surface area contributed by atoms with Crippen molar-refractivity contribution in [3.63, 3.8) is 0 Å². The lowest BCUT2D eigenvalue weighted by Gasteiger charge is -2.17. The van der Waals surface area contributed by atoms with Crippen LogP contribution >= 0.6 is 11.3 Å². The van der Waals surface area contributed by atoms with E-state index < -0.39 is 0 Å². The monoisotopic (exact) mass is 298 g/mol. The van der Waals surface area contributed by atoms with Gasteiger partial charge in [-0.05, 0) is 45.0 Å². The minimum Gasteiger partial charge on any atom is -0.375 e. The Morgan fingerprint density at radius 1 is 1.14 bits per heavy atom. The molecule has 3 aromatic heterocycles. The summed E-state index contributed by atoms with van der Waals surface area (Å²) in [5, 5.41) is 3.55. The van der Waals surface area contributed by atoms with E-state index in [1.165, 1.54) is 9.75 Å². The Bertz CT molecular complexity index is 744. The number of hydrogen-bond acceptors (Lipinski definition) is 4. The van der Waals surface area contributed by atoms with Crippen LogP contribution in [0.1, 0.15) is 28.5 Å². The smallest absolute Gasteiger partial charge is 0.161 e. The normalized spacial score (nSPS) is 12.3. The molecule has 0 aliphatic carbocycles. The first-order chi connectivity index (χ1) is 10.1. The second-order valence-electron chi connectivity index (χ2n) is 5.03. The van der Waals surface area contributed by atoms with Crippen molar-refractivity contribution in [1.29, 1.82) is 0 Å². The predicted octanol–water partition coefficient (Wildman–Crippen LogP) is 4.12. The molecule has 0 aliphatic rings. The molecule has 0 bridgehead atoms. The van der Waals surface area contributed by atoms with Gasteiger partial charge in [-0.3, -0.25) is 4.57 Å². The van der Waals surface area contributed by atoms with Gasteiger partial charge in [0.25, 0.3) is 0 Å². The van der Waals surface area contributed by atoms with Gasteiger partial charge < -0.3 is 5.32 Å². The van der Waals surface area contributed by atoms with E-state index in [2.05, 4.69) is 47.3 Å². The average molecular weight is 298 g/mol. The molecule has 0 spiro atoms. The highest BCUT2D eigenvalue weighted by atomic mass is 32.1. The molecule has 5 heteroatoms. The molecule has 0 saturated carbocycles. The Morgan fingerprint density at radius 2 is 2.00 bits per heavy atom. The molecular weight excluding hydrogens is 280 g/mol. The van der Waals surface area contributed by atoms with Gasteiger partial charge in [0.15, 0.2) is 5.82 Å². The SMILES string of the molecule is Cc1ccc(C(C)Nc2cccnc2-n2ccnc2C)s1. The van der Waals surface area contributed by atoms with Gasteiger partial charge in [0, 0.05) is 28.3 Å². The molecule has 1 unspecified atom stereocenters. The van der Waals surface area contributed by atoms with Crippen LogP contribution in [0.5, 0.6) is 0 Å². The topological polar surface area (TPSA) is 42.7 Å². The fourth-order valence-corrected chi connectivity index (χ4v) is 3.17. The maximum absolute atomic E-state index is 4.50. The molecule has 0 aromatic carbocycles. The minimum absolute atomic E-state index is 0.246. The Morgan fingerprint density at radius 3 is 2.67 bits per heavy atom. The van der Waals surface area contributed by atoms with E-state index in [0.717, 1.165) is 17.3 Å². The third-order valence-corrected chi connectivity index (χ3v) is 4.58. The maximum Gasteiger partial charge on any atom is 0.161 e. The van der Waals surface area contributed by atoms with Crippen molar-refractivity contribution in [3.8, 4) is 5.82 Å². The van der Waals surface area contributed by atoms with E-state index in [4.69, 9.17) is 0 Å². The number of imidazole rings is 1. The number of anilines is 1. The van der Waals surface area contributed by atoms with Crippen LogP contribution in [0, 0.1) is 13.8 Å². The number of pyridine rings is 1. The van der Waals surface area contributed by atoms with Crippen LogP contribution in [-0.4, -0.2) is 14.5 Å². The van der Waals surface area contributed by atoms with Crippen LogP contribution < -0.4 is 5.32 Å². The van der Waals surface area contributed by atoms with Gasteiger partial charge in [0.05, 0.1) is 11.7 Å². The molecule has 0 saturated heterocycles. The number of hydrogen-bond donors (Lipinski definition) is 1. The quantitative estimate of drug-likeness (QED) is 0.788. The third-order valence-electron chi connectivity index (χ3n) is 3.40. The van der Waals surface area contributed by atoms with E-state index >= 15 is 0 Å². The molecule has 21 heavy (non-hydrogen) atoms. The van der Waals surface area contributed by atoms with Crippen molar-refractivity contribution in [2.24, 2.45) is 0 Å². The van der Waals surface area contributed by atoms with Crippen LogP contribution in [0.4, 0.5) is 5.69 Å². The van der Waals surface area contributed by atoms with Gasteiger partial charge in [-0.2, -0.15) is 0 Å². The van der Waals surface area contributed by atoms with Crippen molar-refractivity contribution in [1.82, 2.24) is 14.5 Å². The molecule has 0 fully saturated rings. The zero-order valence-corrected chi connectivity index (χ0v) is 13.2. The van der Waals surface area contributed by atoms with Gasteiger partial charge in [0.2, 0.25) is 0 Å². The number of aromatic nitrogens is 3. The van der Waals surface area contributed by atoms with Crippen molar-refractivity contribution < 1.29 is 0 Å². The third kappa shape index (κ3) is 2.83. The summed E-state index contributed by atoms with van der Waals surface area (Å²) in [5.74, 6) is 1.81. The van der Waals surface area contributed by atoms with Crippen LogP contribution in [0.25, 0.3) is 5.82 Å². The Hall–Kier alpha value is -2.14. The summed E-state index contributed by atoms with van der Waals surface area (Å²) < 4.78 is 1.99. The van der Waals surface area contributed by atoms with Crippen LogP contribution in [0.15, 0.2) is 42.9 Å². The molecular formula is C16H18N4S. The number of nitrogens with one attached hydrogen (secondary N) is 1. The van der Waals surface area contributed by atoms with Crippen LogP contribution in [-0.2, 0) is 0 Å². The van der Waals surface area contributed by atoms with Gasteiger partial charge in [0.1, 0.15) is 5.82 Å². The molecule has 0 radical (unpaired) electrons. The lowest BCUT2D eigenvalue weighted by molar-refractivity contribution is 0.882. The zero-order valence-electron chi connectivity index (χ0n) is 12.4. The number of nitrogens with zero attached hydrogens (tertiary/aromatic N) is 3. The molecule has 1 N–H and O–H groups in total. The fraction of sp³-hybridized carbons (Fsp3) is 0.250. The van der Waals surface area contributed by atoms with Crippen LogP contribution in [0.3, 0.4) is 0 Å². The number of rotatable bonds is 4. The first-order valence-corrected chi connectivity index (χ1v) is 7.75. The summed E-state index contributed by atoms with van der Waals surface area (Å²) in [6, 6.07) is 8.58. The van der Waals surface area contributed by atoms with Crippen molar-refractivity contribution in [2.45, 2.75) is 26.8 Å². The predicted molar refractivity (Wildman–Crippen MR) is 87.2 cm³/mol. The zero-order chi connectivity index (χ0) is 14.8. The molecule has 0 amide bonds. The lowest BCUT2D eigenvalue weighted by atomic mass is 10.2. The van der Waals surface area contributed by atoms with Gasteiger partial charge in [-0.25, -0.2) is 9.97 Å². The summed E-state index contributed by atoms with van der Waals surface area (Å²) in [6.45, 7) is 6.28. The summed E-state index contributed by atoms with van der Waals surface area (Å²) in [6.07, 6.45) is 5.53. The van der Waals surface area contributed by atoms with E-state index in [9.17, 15) is 0 Å². The van der Waals surface area contributed by atoms with Crippen LogP contribution in [0.2, 0.25) is 0 Å². The van der Waals surface area contributed by atoms with Crippen molar-refractivity contribution in [3.05, 3.63) is 58.4 Å². The molecule has 1 atom stereocenters. The molecule has 0 aliphatic heterocycles. The van der Waals surface area contributed by atoms with Gasteiger partial charge >= 0.3 is 0 Å². The molecule has 108 valence electrons. The highest BCUT2D eigenvalue weighted by Crippen LogP contribution is 2.28. The lowest BCUT2D eigenvalue weighted by Crippen LogP contribution is -2.09. The van der Waals surface area contributed by atoms with E-state index in [1.54, 1.807) is 12.4 Å². The largest absolute Gasteiger partial charge is 0.375 e. The second kappa shape index (κ2) is 5.69. The van der Waals surface area contributed by atoms with Gasteiger partial charge in [-0.1, -0.05) is 0 Å². The standard InChI is InChI=1S/C16H18N4S/c1-11-6-7-15(21-11)12(2)19-14-5-4-8-18-16(14)20-10-9-17-13(20)3/h4-10,12,19H,1-3H3. The number of thiophene rings is 1. The number of aryl methyl sites for hydroxylation is 2. The summed E-state index contributed by atoms with van der Waals surface area (Å²) in [7, 11) is 0. The summed E-state index contributed by atoms with van der Waals surface area (Å²) in [4.78, 5) is 11.4. The van der Waals surface area contributed by atoms with Crippen molar-refractivity contribution in [2.75, 3.05) is 5.32 Å². The summed E-state index contributed by atoms with van der Waals surface area (Å²) >= 11 is 1.82. The summed E-state index contributed by atoms with van der Waals surface area (Å²) in [5.41, 5.74) is 1.01.